The van der Waals surface area contributed by atoms with Gasteiger partial charge in [-0.25, -0.2) is 9.67 Å². The fraction of sp³-hybridized carbons (Fsp3) is 0.111. The Morgan fingerprint density at radius 3 is 2.82 bits per heavy atom. The summed E-state index contributed by atoms with van der Waals surface area (Å²) in [5.41, 5.74) is -0.0361. The van der Waals surface area contributed by atoms with Crippen molar-refractivity contribution >= 4 is 27.4 Å². The summed E-state index contributed by atoms with van der Waals surface area (Å²) in [7, 11) is 1.65. The van der Waals surface area contributed by atoms with E-state index in [1.807, 2.05) is 0 Å². The van der Waals surface area contributed by atoms with Crippen molar-refractivity contribution in [2.45, 2.75) is 0 Å². The first kappa shape index (κ1) is 11.5. The second-order valence-corrected chi connectivity index (χ2v) is 4.09. The molecule has 7 nitrogen and oxygen atoms in total. The molecule has 0 fully saturated rings. The molecule has 0 aliphatic rings. The third-order valence-corrected chi connectivity index (χ3v) is 2.46. The molecule has 0 unspecified atom stereocenters. The first-order valence-electron chi connectivity index (χ1n) is 4.65. The van der Waals surface area contributed by atoms with Crippen molar-refractivity contribution < 1.29 is 4.92 Å². The second-order valence-electron chi connectivity index (χ2n) is 3.18. The quantitative estimate of drug-likeness (QED) is 0.691. The molecule has 0 aliphatic carbocycles. The highest BCUT2D eigenvalue weighted by molar-refractivity contribution is 9.10. The number of hydrogen-bond donors (Lipinski definition) is 1. The van der Waals surface area contributed by atoms with Crippen LogP contribution in [0.15, 0.2) is 29.0 Å². The zero-order valence-electron chi connectivity index (χ0n) is 8.79. The summed E-state index contributed by atoms with van der Waals surface area (Å²) < 4.78 is 2.23. The van der Waals surface area contributed by atoms with Gasteiger partial charge in [-0.3, -0.25) is 10.1 Å². The van der Waals surface area contributed by atoms with Crippen molar-refractivity contribution in [2.24, 2.45) is 0 Å². The van der Waals surface area contributed by atoms with E-state index >= 15 is 0 Å². The normalized spacial score (nSPS) is 10.2. The Balaban J connectivity index is 2.53. The van der Waals surface area contributed by atoms with Crippen LogP contribution < -0.4 is 5.32 Å². The summed E-state index contributed by atoms with van der Waals surface area (Å²) >= 11 is 3.25. The molecular formula is C9H8BrN5O2. The van der Waals surface area contributed by atoms with E-state index in [1.165, 1.54) is 16.8 Å². The molecule has 2 rings (SSSR count). The molecule has 0 atom stereocenters. The molecule has 0 amide bonds. The van der Waals surface area contributed by atoms with Gasteiger partial charge >= 0.3 is 0 Å². The van der Waals surface area contributed by atoms with Gasteiger partial charge in [-0.1, -0.05) is 0 Å². The lowest BCUT2D eigenvalue weighted by Gasteiger charge is -2.04. The molecule has 0 bridgehead atoms. The highest BCUT2D eigenvalue weighted by Gasteiger charge is 2.12. The number of nitrogens with zero attached hydrogens (tertiary/aromatic N) is 4. The van der Waals surface area contributed by atoms with Gasteiger partial charge < -0.3 is 5.32 Å². The zero-order valence-corrected chi connectivity index (χ0v) is 10.4. The average Bonchev–Trinajstić information content (AvgIpc) is 2.75. The summed E-state index contributed by atoms with van der Waals surface area (Å²) in [6, 6.07) is 2.72. The van der Waals surface area contributed by atoms with Gasteiger partial charge in [0.05, 0.1) is 27.7 Å². The van der Waals surface area contributed by atoms with Gasteiger partial charge in [-0.2, -0.15) is 5.10 Å². The van der Waals surface area contributed by atoms with Gasteiger partial charge in [-0.15, -0.1) is 0 Å². The molecule has 88 valence electrons. The molecular weight excluding hydrogens is 290 g/mol. The van der Waals surface area contributed by atoms with E-state index in [1.54, 1.807) is 19.4 Å². The van der Waals surface area contributed by atoms with Crippen molar-refractivity contribution in [3.05, 3.63) is 39.1 Å². The first-order chi connectivity index (χ1) is 8.10. The fourth-order valence-corrected chi connectivity index (χ4v) is 1.56. The van der Waals surface area contributed by atoms with Crippen LogP contribution in [0.2, 0.25) is 0 Å². The third-order valence-electron chi connectivity index (χ3n) is 2.05. The van der Waals surface area contributed by atoms with E-state index < -0.39 is 4.92 Å². The Hall–Kier alpha value is -1.96. The Labute approximate surface area is 105 Å². The molecule has 1 N–H and O–H groups in total. The van der Waals surface area contributed by atoms with Crippen molar-refractivity contribution in [3.63, 3.8) is 0 Å². The van der Waals surface area contributed by atoms with Crippen molar-refractivity contribution in [1.82, 2.24) is 14.8 Å². The summed E-state index contributed by atoms with van der Waals surface area (Å²) in [5.74, 6) is 0.801. The molecule has 0 aromatic carbocycles. The Morgan fingerprint density at radius 2 is 2.29 bits per heavy atom. The molecule has 2 heterocycles. The van der Waals surface area contributed by atoms with Gasteiger partial charge in [0.15, 0.2) is 5.82 Å². The standard InChI is InChI=1S/C9H8BrN5O2/c1-11-8-2-7(15(16)17)3-9(13-8)14-5-6(10)4-12-14/h2-5H,1H3,(H,11,13). The molecule has 2 aromatic rings. The highest BCUT2D eigenvalue weighted by Crippen LogP contribution is 2.20. The number of halogens is 1. The van der Waals surface area contributed by atoms with E-state index in [4.69, 9.17) is 0 Å². The van der Waals surface area contributed by atoms with Gasteiger partial charge in [0.25, 0.3) is 5.69 Å². The van der Waals surface area contributed by atoms with E-state index in [2.05, 4.69) is 31.3 Å². The number of rotatable bonds is 3. The lowest BCUT2D eigenvalue weighted by Crippen LogP contribution is -2.03. The Bertz CT molecular complexity index is 568. The monoisotopic (exact) mass is 297 g/mol. The molecule has 0 saturated heterocycles. The fourth-order valence-electron chi connectivity index (χ4n) is 1.28. The lowest BCUT2D eigenvalue weighted by molar-refractivity contribution is -0.384. The summed E-state index contributed by atoms with van der Waals surface area (Å²) in [4.78, 5) is 14.5. The van der Waals surface area contributed by atoms with Crippen LogP contribution in [0, 0.1) is 10.1 Å². The van der Waals surface area contributed by atoms with Crippen LogP contribution in [-0.2, 0) is 0 Å². The van der Waals surface area contributed by atoms with E-state index in [9.17, 15) is 10.1 Å². The van der Waals surface area contributed by atoms with Crippen LogP contribution in [0.4, 0.5) is 11.5 Å². The Kier molecular flexibility index (Phi) is 3.05. The van der Waals surface area contributed by atoms with Crippen LogP contribution in [0.25, 0.3) is 5.82 Å². The maximum Gasteiger partial charge on any atom is 0.276 e. The molecule has 0 spiro atoms. The number of anilines is 1. The summed E-state index contributed by atoms with van der Waals surface area (Å²) in [6.45, 7) is 0. The molecule has 0 aliphatic heterocycles. The van der Waals surface area contributed by atoms with Gasteiger partial charge in [0.1, 0.15) is 5.82 Å². The van der Waals surface area contributed by atoms with Gasteiger partial charge in [0.2, 0.25) is 0 Å². The molecule has 17 heavy (non-hydrogen) atoms. The topological polar surface area (TPSA) is 85.9 Å². The van der Waals surface area contributed by atoms with Gasteiger partial charge in [-0.05, 0) is 15.9 Å². The van der Waals surface area contributed by atoms with Crippen LogP contribution in [0.3, 0.4) is 0 Å². The van der Waals surface area contributed by atoms with Crippen LogP contribution in [-0.4, -0.2) is 26.7 Å². The predicted molar refractivity (Wildman–Crippen MR) is 65.3 cm³/mol. The maximum atomic E-state index is 10.8. The van der Waals surface area contributed by atoms with Crippen molar-refractivity contribution in [1.29, 1.82) is 0 Å². The molecule has 8 heteroatoms. The van der Waals surface area contributed by atoms with E-state index in [-0.39, 0.29) is 5.69 Å². The van der Waals surface area contributed by atoms with Crippen LogP contribution in [0.5, 0.6) is 0 Å². The largest absolute Gasteiger partial charge is 0.373 e. The minimum absolute atomic E-state index is 0.0361. The average molecular weight is 298 g/mol. The molecule has 2 aromatic heterocycles. The minimum Gasteiger partial charge on any atom is -0.373 e. The number of nitrogens with one attached hydrogen (secondary N) is 1. The number of nitro groups is 1. The van der Waals surface area contributed by atoms with Crippen LogP contribution >= 0.6 is 15.9 Å². The van der Waals surface area contributed by atoms with Crippen molar-refractivity contribution in [3.8, 4) is 5.82 Å². The highest BCUT2D eigenvalue weighted by atomic mass is 79.9. The molecule has 0 radical (unpaired) electrons. The summed E-state index contributed by atoms with van der Waals surface area (Å²) in [5, 5.41) is 17.6. The number of hydrogen-bond acceptors (Lipinski definition) is 5. The zero-order chi connectivity index (χ0) is 12.4. The van der Waals surface area contributed by atoms with Gasteiger partial charge in [0, 0.05) is 13.2 Å². The predicted octanol–water partition coefficient (Wildman–Crippen LogP) is 1.98. The number of pyridine rings is 1. The SMILES string of the molecule is CNc1cc([N+](=O)[O-])cc(-n2cc(Br)cn2)n1. The van der Waals surface area contributed by atoms with E-state index in [0.717, 1.165) is 4.47 Å². The smallest absolute Gasteiger partial charge is 0.276 e. The maximum absolute atomic E-state index is 10.8. The van der Waals surface area contributed by atoms with Crippen molar-refractivity contribution in [2.75, 3.05) is 12.4 Å². The van der Waals surface area contributed by atoms with E-state index in [0.29, 0.717) is 11.6 Å². The molecule has 0 saturated carbocycles. The number of aromatic nitrogens is 3. The first-order valence-corrected chi connectivity index (χ1v) is 5.44. The minimum atomic E-state index is -0.468. The second kappa shape index (κ2) is 4.50. The lowest BCUT2D eigenvalue weighted by atomic mass is 10.3. The Morgan fingerprint density at radius 1 is 1.53 bits per heavy atom. The summed E-state index contributed by atoms with van der Waals surface area (Å²) in [6.07, 6.45) is 3.26. The van der Waals surface area contributed by atoms with Crippen LogP contribution in [0.1, 0.15) is 0 Å². The third kappa shape index (κ3) is 2.41.